The van der Waals surface area contributed by atoms with Crippen LogP contribution < -0.4 is 0 Å². The number of alkyl halides is 4. The van der Waals surface area contributed by atoms with E-state index in [1.54, 1.807) is 0 Å². The second kappa shape index (κ2) is 5.89. The summed E-state index contributed by atoms with van der Waals surface area (Å²) < 4.78 is 117. The first-order valence-corrected chi connectivity index (χ1v) is 11.1. The molecule has 0 saturated heterocycles. The van der Waals surface area contributed by atoms with E-state index in [9.17, 15) is 42.8 Å². The Bertz CT molecular complexity index is 722. The number of hydrogen-bond acceptors (Lipinski definition) is 6. The fourth-order valence-corrected chi connectivity index (χ4v) is 10.6. The Morgan fingerprint density at radius 3 is 1.86 bits per heavy atom. The van der Waals surface area contributed by atoms with E-state index in [0.29, 0.717) is 0 Å². The molecule has 0 aromatic rings. The summed E-state index contributed by atoms with van der Waals surface area (Å²) in [4.78, 5) is 0. The van der Waals surface area contributed by atoms with Crippen molar-refractivity contribution in [2.45, 2.75) is 46.5 Å². The molecule has 0 spiro atoms. The topological polar surface area (TPSA) is 102 Å². The van der Waals surface area contributed by atoms with E-state index in [4.69, 9.17) is 0 Å². The van der Waals surface area contributed by atoms with Gasteiger partial charge in [0.15, 0.2) is 19.7 Å². The van der Waals surface area contributed by atoms with Gasteiger partial charge in [-0.25, -0.2) is 29.6 Å². The van der Waals surface area contributed by atoms with E-state index in [0.717, 1.165) is 0 Å². The third-order valence-electron chi connectivity index (χ3n) is 3.22. The highest BCUT2D eigenvalue weighted by molar-refractivity contribution is 8.24. The van der Waals surface area contributed by atoms with Crippen molar-refractivity contribution in [2.75, 3.05) is 6.26 Å². The zero-order valence-electron chi connectivity index (χ0n) is 11.2. The van der Waals surface area contributed by atoms with Gasteiger partial charge in [-0.3, -0.25) is 0 Å². The van der Waals surface area contributed by atoms with Crippen molar-refractivity contribution >= 4 is 29.5 Å². The fourth-order valence-electron chi connectivity index (χ4n) is 2.30. The summed E-state index contributed by atoms with van der Waals surface area (Å²) in [6, 6.07) is 0. The normalized spacial score (nSPS) is 26.6. The lowest BCUT2D eigenvalue weighted by atomic mass is 9.98. The van der Waals surface area contributed by atoms with Gasteiger partial charge in [-0.05, 0) is 25.7 Å². The molecule has 0 amide bonds. The van der Waals surface area contributed by atoms with Crippen molar-refractivity contribution in [3.05, 3.63) is 0 Å². The van der Waals surface area contributed by atoms with E-state index in [1.807, 2.05) is 0 Å². The first kappa shape index (κ1) is 19.6. The van der Waals surface area contributed by atoms with Crippen LogP contribution in [-0.2, 0) is 29.5 Å². The highest BCUT2D eigenvalue weighted by Crippen LogP contribution is 2.37. The molecule has 3 atom stereocenters. The molecule has 22 heavy (non-hydrogen) atoms. The molecule has 1 saturated carbocycles. The predicted molar refractivity (Wildman–Crippen MR) is 69.7 cm³/mol. The van der Waals surface area contributed by atoms with Gasteiger partial charge in [0, 0.05) is 6.26 Å². The molecular weight excluding hydrogens is 376 g/mol. The molecule has 0 radical (unpaired) electrons. The number of halogens is 4. The van der Waals surface area contributed by atoms with Gasteiger partial charge in [-0.2, -0.15) is 13.2 Å². The molecule has 1 fully saturated rings. The van der Waals surface area contributed by atoms with E-state index >= 15 is 0 Å². The summed E-state index contributed by atoms with van der Waals surface area (Å²) in [5.74, 6) is 0. The van der Waals surface area contributed by atoms with Gasteiger partial charge in [0.25, 0.3) is 13.8 Å². The second-order valence-electron chi connectivity index (χ2n) is 5.08. The Morgan fingerprint density at radius 1 is 1.00 bits per heavy atom. The first-order chi connectivity index (χ1) is 9.62. The molecule has 0 heterocycles. The van der Waals surface area contributed by atoms with Crippen LogP contribution >= 0.6 is 0 Å². The zero-order valence-corrected chi connectivity index (χ0v) is 13.7. The first-order valence-electron chi connectivity index (χ1n) is 5.97. The monoisotopic (exact) mass is 390 g/mol. The highest BCUT2D eigenvalue weighted by Gasteiger charge is 2.61. The van der Waals surface area contributed by atoms with Crippen molar-refractivity contribution in [3.63, 3.8) is 0 Å². The molecule has 0 aromatic heterocycles. The molecule has 132 valence electrons. The average Bonchev–Trinajstić information content (AvgIpc) is 2.24. The van der Waals surface area contributed by atoms with Crippen molar-refractivity contribution in [1.82, 2.24) is 0 Å². The van der Waals surface area contributed by atoms with Crippen LogP contribution in [0.2, 0.25) is 0 Å². The molecule has 0 bridgehead atoms. The van der Waals surface area contributed by atoms with E-state index in [-0.39, 0.29) is 25.5 Å². The molecule has 13 heteroatoms. The Balaban J connectivity index is 3.48. The number of sulfone groups is 3. The Hall–Kier alpha value is -0.430. The van der Waals surface area contributed by atoms with Crippen LogP contribution in [0, 0.1) is 0 Å². The van der Waals surface area contributed by atoms with E-state index < -0.39 is 56.8 Å². The SMILES string of the molecule is CS(=O)(=O)C(S(=O)(=O)C1CCCC(F)C1)S(=O)(=O)C(F)(F)F. The summed E-state index contributed by atoms with van der Waals surface area (Å²) in [7, 11) is -17.0. The van der Waals surface area contributed by atoms with Crippen LogP contribution in [0.15, 0.2) is 0 Å². The molecule has 0 aliphatic heterocycles. The van der Waals surface area contributed by atoms with Crippen LogP contribution in [0.3, 0.4) is 0 Å². The minimum Gasteiger partial charge on any atom is -0.247 e. The lowest BCUT2D eigenvalue weighted by Gasteiger charge is -2.28. The van der Waals surface area contributed by atoms with Crippen LogP contribution in [0.5, 0.6) is 0 Å². The quantitative estimate of drug-likeness (QED) is 0.662. The summed E-state index contributed by atoms with van der Waals surface area (Å²) in [5.41, 5.74) is -6.06. The Morgan fingerprint density at radius 2 is 1.50 bits per heavy atom. The van der Waals surface area contributed by atoms with Gasteiger partial charge in [-0.15, -0.1) is 0 Å². The van der Waals surface area contributed by atoms with Gasteiger partial charge in [0.1, 0.15) is 6.17 Å². The lowest BCUT2D eigenvalue weighted by molar-refractivity contribution is -0.0434. The molecule has 3 unspecified atom stereocenters. The summed E-state index contributed by atoms with van der Waals surface area (Å²) >= 11 is 0. The Labute approximate surface area is 125 Å². The standard InChI is InChI=1S/C9H14F4O6S3/c1-20(14,15)8(22(18,19)9(11,12)13)21(16,17)7-4-2-3-6(10)5-7/h6-8H,2-5H2,1H3. The maximum absolute atomic E-state index is 13.3. The van der Waals surface area contributed by atoms with Crippen molar-refractivity contribution in [2.24, 2.45) is 0 Å². The lowest BCUT2D eigenvalue weighted by Crippen LogP contribution is -2.48. The molecule has 1 aliphatic rings. The van der Waals surface area contributed by atoms with E-state index in [1.165, 1.54) is 0 Å². The van der Waals surface area contributed by atoms with Crippen LogP contribution in [-0.4, -0.2) is 52.4 Å². The largest absolute Gasteiger partial charge is 0.499 e. The molecule has 0 N–H and O–H groups in total. The molecule has 0 aromatic carbocycles. The van der Waals surface area contributed by atoms with Gasteiger partial charge < -0.3 is 0 Å². The minimum atomic E-state index is -6.52. The molecule has 1 rings (SSSR count). The zero-order chi connectivity index (χ0) is 17.6. The highest BCUT2D eigenvalue weighted by atomic mass is 32.3. The summed E-state index contributed by atoms with van der Waals surface area (Å²) in [5, 5.41) is -1.78. The van der Waals surface area contributed by atoms with Crippen molar-refractivity contribution in [1.29, 1.82) is 0 Å². The summed E-state index contributed by atoms with van der Waals surface area (Å²) in [6.07, 6.45) is -2.56. The smallest absolute Gasteiger partial charge is 0.247 e. The van der Waals surface area contributed by atoms with Gasteiger partial charge in [0.2, 0.25) is 0 Å². The van der Waals surface area contributed by atoms with Gasteiger partial charge in [0.05, 0.1) is 5.25 Å². The van der Waals surface area contributed by atoms with Crippen LogP contribution in [0.1, 0.15) is 25.7 Å². The number of rotatable bonds is 4. The maximum atomic E-state index is 13.3. The fraction of sp³-hybridized carbons (Fsp3) is 1.00. The maximum Gasteiger partial charge on any atom is 0.499 e. The third kappa shape index (κ3) is 3.72. The van der Waals surface area contributed by atoms with Gasteiger partial charge in [-0.1, -0.05) is 0 Å². The second-order valence-corrected chi connectivity index (χ2v) is 12.4. The average molecular weight is 390 g/mol. The number of hydrogen-bond donors (Lipinski definition) is 0. The van der Waals surface area contributed by atoms with Crippen molar-refractivity contribution < 1.29 is 42.8 Å². The van der Waals surface area contributed by atoms with Crippen molar-refractivity contribution in [3.8, 4) is 0 Å². The van der Waals surface area contributed by atoms with E-state index in [2.05, 4.69) is 0 Å². The van der Waals surface area contributed by atoms with Crippen LogP contribution in [0.4, 0.5) is 17.6 Å². The molecule has 6 nitrogen and oxygen atoms in total. The Kier molecular flexibility index (Phi) is 5.25. The summed E-state index contributed by atoms with van der Waals surface area (Å²) in [6.45, 7) is 0. The minimum absolute atomic E-state index is 0.00755. The molecule has 1 aliphatic carbocycles. The molecular formula is C9H14F4O6S3. The third-order valence-corrected chi connectivity index (χ3v) is 12.2. The van der Waals surface area contributed by atoms with Crippen LogP contribution in [0.25, 0.3) is 0 Å². The predicted octanol–water partition coefficient (Wildman–Crippen LogP) is 0.945. The van der Waals surface area contributed by atoms with Gasteiger partial charge >= 0.3 is 5.51 Å².